The third-order valence-electron chi connectivity index (χ3n) is 1.98. The molecule has 0 saturated heterocycles. The van der Waals surface area contributed by atoms with Gasteiger partial charge in [-0.3, -0.25) is 4.79 Å². The Balaban J connectivity index is 2.46. The first-order valence-electron chi connectivity index (χ1n) is 5.26. The largest absolute Gasteiger partial charge is 0.369 e. The lowest BCUT2D eigenvalue weighted by atomic mass is 10.2. The fourth-order valence-electron chi connectivity index (χ4n) is 1.14. The highest BCUT2D eigenvalue weighted by Crippen LogP contribution is 2.10. The Hall–Kier alpha value is -1.61. The SMILES string of the molecule is C=Cc1ccc(NC(=O)COC(C)C)cc1. The van der Waals surface area contributed by atoms with Gasteiger partial charge >= 0.3 is 0 Å². The van der Waals surface area contributed by atoms with Gasteiger partial charge in [-0.25, -0.2) is 0 Å². The van der Waals surface area contributed by atoms with Gasteiger partial charge in [-0.05, 0) is 31.5 Å². The van der Waals surface area contributed by atoms with Crippen LogP contribution in [0.1, 0.15) is 19.4 Å². The summed E-state index contributed by atoms with van der Waals surface area (Å²) < 4.78 is 5.19. The summed E-state index contributed by atoms with van der Waals surface area (Å²) in [6, 6.07) is 7.46. The third kappa shape index (κ3) is 4.28. The van der Waals surface area contributed by atoms with Gasteiger partial charge in [-0.1, -0.05) is 24.8 Å². The van der Waals surface area contributed by atoms with Gasteiger partial charge in [0.1, 0.15) is 6.61 Å². The van der Waals surface area contributed by atoms with Crippen molar-refractivity contribution in [3.05, 3.63) is 36.4 Å². The van der Waals surface area contributed by atoms with Gasteiger partial charge in [0.25, 0.3) is 0 Å². The van der Waals surface area contributed by atoms with Crippen molar-refractivity contribution in [2.75, 3.05) is 11.9 Å². The van der Waals surface area contributed by atoms with Crippen LogP contribution in [0.4, 0.5) is 5.69 Å². The molecule has 0 spiro atoms. The molecule has 1 amide bonds. The molecule has 0 fully saturated rings. The van der Waals surface area contributed by atoms with Crippen LogP contribution in [0.2, 0.25) is 0 Å². The van der Waals surface area contributed by atoms with Crippen LogP contribution in [0.15, 0.2) is 30.8 Å². The summed E-state index contributed by atoms with van der Waals surface area (Å²) in [5.74, 6) is -0.139. The number of hydrogen-bond acceptors (Lipinski definition) is 2. The Labute approximate surface area is 96.1 Å². The minimum absolute atomic E-state index is 0.0638. The van der Waals surface area contributed by atoms with E-state index in [1.165, 1.54) is 0 Å². The van der Waals surface area contributed by atoms with Crippen LogP contribution in [-0.2, 0) is 9.53 Å². The summed E-state index contributed by atoms with van der Waals surface area (Å²) in [5.41, 5.74) is 1.79. The molecule has 0 aliphatic carbocycles. The minimum atomic E-state index is -0.139. The molecule has 1 aromatic rings. The second-order valence-corrected chi connectivity index (χ2v) is 3.73. The first-order valence-corrected chi connectivity index (χ1v) is 5.26. The van der Waals surface area contributed by atoms with E-state index in [1.54, 1.807) is 6.08 Å². The molecule has 0 bridgehead atoms. The Morgan fingerprint density at radius 2 is 2.06 bits per heavy atom. The molecule has 0 saturated carbocycles. The van der Waals surface area contributed by atoms with Crippen molar-refractivity contribution >= 4 is 17.7 Å². The molecule has 0 aliphatic heterocycles. The number of carbonyl (C=O) groups excluding carboxylic acids is 1. The van der Waals surface area contributed by atoms with Crippen molar-refractivity contribution in [1.82, 2.24) is 0 Å². The first-order chi connectivity index (χ1) is 7.61. The standard InChI is InChI=1S/C13H17NO2/c1-4-11-5-7-12(8-6-11)14-13(15)9-16-10(2)3/h4-8,10H,1,9H2,2-3H3,(H,14,15). The van der Waals surface area contributed by atoms with E-state index in [-0.39, 0.29) is 18.6 Å². The molecular formula is C13H17NO2. The molecule has 16 heavy (non-hydrogen) atoms. The fraction of sp³-hybridized carbons (Fsp3) is 0.308. The van der Waals surface area contributed by atoms with Crippen LogP contribution in [0.25, 0.3) is 6.08 Å². The van der Waals surface area contributed by atoms with Crippen LogP contribution >= 0.6 is 0 Å². The van der Waals surface area contributed by atoms with Crippen LogP contribution < -0.4 is 5.32 Å². The number of nitrogens with one attached hydrogen (secondary N) is 1. The van der Waals surface area contributed by atoms with E-state index in [9.17, 15) is 4.79 Å². The molecule has 0 radical (unpaired) electrons. The Bertz CT molecular complexity index is 355. The zero-order chi connectivity index (χ0) is 12.0. The lowest BCUT2D eigenvalue weighted by Gasteiger charge is -2.08. The molecule has 0 heterocycles. The summed E-state index contributed by atoms with van der Waals surface area (Å²) in [6.07, 6.45) is 1.82. The highest BCUT2D eigenvalue weighted by molar-refractivity contribution is 5.91. The molecule has 3 heteroatoms. The minimum Gasteiger partial charge on any atom is -0.369 e. The normalized spacial score (nSPS) is 10.2. The number of amides is 1. The molecule has 0 atom stereocenters. The number of hydrogen-bond donors (Lipinski definition) is 1. The lowest BCUT2D eigenvalue weighted by molar-refractivity contribution is -0.121. The predicted molar refractivity (Wildman–Crippen MR) is 66.3 cm³/mol. The van der Waals surface area contributed by atoms with E-state index >= 15 is 0 Å². The summed E-state index contributed by atoms with van der Waals surface area (Å²) in [7, 11) is 0. The van der Waals surface area contributed by atoms with Gasteiger partial charge in [0, 0.05) is 5.69 Å². The third-order valence-corrected chi connectivity index (χ3v) is 1.98. The molecule has 1 aromatic carbocycles. The van der Waals surface area contributed by atoms with Crippen molar-refractivity contribution in [3.8, 4) is 0 Å². The molecule has 1 rings (SSSR count). The predicted octanol–water partition coefficient (Wildman–Crippen LogP) is 2.69. The fourth-order valence-corrected chi connectivity index (χ4v) is 1.14. The number of ether oxygens (including phenoxy) is 1. The molecule has 0 unspecified atom stereocenters. The Morgan fingerprint density at radius 1 is 1.44 bits per heavy atom. The number of carbonyl (C=O) groups is 1. The molecule has 1 N–H and O–H groups in total. The second kappa shape index (κ2) is 6.08. The molecule has 0 aromatic heterocycles. The van der Waals surface area contributed by atoms with Crippen LogP contribution in [0.5, 0.6) is 0 Å². The van der Waals surface area contributed by atoms with Gasteiger partial charge in [0.2, 0.25) is 5.91 Å². The quantitative estimate of drug-likeness (QED) is 0.826. The maximum Gasteiger partial charge on any atom is 0.250 e. The van der Waals surface area contributed by atoms with Gasteiger partial charge < -0.3 is 10.1 Å². The molecular weight excluding hydrogens is 202 g/mol. The van der Waals surface area contributed by atoms with Crippen molar-refractivity contribution in [2.45, 2.75) is 20.0 Å². The summed E-state index contributed by atoms with van der Waals surface area (Å²) in [6.45, 7) is 7.54. The average molecular weight is 219 g/mol. The first kappa shape index (κ1) is 12.5. The van der Waals surface area contributed by atoms with Crippen molar-refractivity contribution in [1.29, 1.82) is 0 Å². The van der Waals surface area contributed by atoms with Crippen LogP contribution in [-0.4, -0.2) is 18.6 Å². The monoisotopic (exact) mass is 219 g/mol. The molecule has 3 nitrogen and oxygen atoms in total. The summed E-state index contributed by atoms with van der Waals surface area (Å²) >= 11 is 0. The highest BCUT2D eigenvalue weighted by Gasteiger charge is 2.03. The zero-order valence-corrected chi connectivity index (χ0v) is 9.69. The number of anilines is 1. The smallest absolute Gasteiger partial charge is 0.250 e. The average Bonchev–Trinajstić information content (AvgIpc) is 2.27. The van der Waals surface area contributed by atoms with Gasteiger partial charge in [0.15, 0.2) is 0 Å². The second-order valence-electron chi connectivity index (χ2n) is 3.73. The molecule has 0 aliphatic rings. The maximum absolute atomic E-state index is 11.4. The maximum atomic E-state index is 11.4. The van der Waals surface area contributed by atoms with Crippen molar-refractivity contribution in [3.63, 3.8) is 0 Å². The van der Waals surface area contributed by atoms with E-state index in [1.807, 2.05) is 38.1 Å². The summed E-state index contributed by atoms with van der Waals surface area (Å²) in [5, 5.41) is 2.75. The zero-order valence-electron chi connectivity index (χ0n) is 9.69. The van der Waals surface area contributed by atoms with Gasteiger partial charge in [-0.2, -0.15) is 0 Å². The lowest BCUT2D eigenvalue weighted by Crippen LogP contribution is -2.20. The Morgan fingerprint density at radius 3 is 2.56 bits per heavy atom. The van der Waals surface area contributed by atoms with Crippen LogP contribution in [0.3, 0.4) is 0 Å². The van der Waals surface area contributed by atoms with Crippen molar-refractivity contribution < 1.29 is 9.53 Å². The van der Waals surface area contributed by atoms with Crippen molar-refractivity contribution in [2.24, 2.45) is 0 Å². The van der Waals surface area contributed by atoms with E-state index < -0.39 is 0 Å². The van der Waals surface area contributed by atoms with E-state index in [4.69, 9.17) is 4.74 Å². The number of benzene rings is 1. The van der Waals surface area contributed by atoms with E-state index in [2.05, 4.69) is 11.9 Å². The summed E-state index contributed by atoms with van der Waals surface area (Å²) in [4.78, 5) is 11.4. The van der Waals surface area contributed by atoms with Gasteiger partial charge in [-0.15, -0.1) is 0 Å². The van der Waals surface area contributed by atoms with E-state index in [0.717, 1.165) is 11.3 Å². The van der Waals surface area contributed by atoms with Gasteiger partial charge in [0.05, 0.1) is 6.10 Å². The van der Waals surface area contributed by atoms with Crippen LogP contribution in [0, 0.1) is 0 Å². The topological polar surface area (TPSA) is 38.3 Å². The highest BCUT2D eigenvalue weighted by atomic mass is 16.5. The molecule has 86 valence electrons. The number of rotatable bonds is 5. The van der Waals surface area contributed by atoms with E-state index in [0.29, 0.717) is 0 Å². The Kier molecular flexibility index (Phi) is 4.73.